The number of benzene rings is 1. The summed E-state index contributed by atoms with van der Waals surface area (Å²) in [6.45, 7) is 8.13. The molecule has 1 saturated heterocycles. The third kappa shape index (κ3) is 4.75. The fourth-order valence-corrected chi connectivity index (χ4v) is 4.39. The molecule has 164 valence electrons. The molecule has 30 heavy (non-hydrogen) atoms. The maximum atomic E-state index is 13.0. The Kier molecular flexibility index (Phi) is 5.34. The van der Waals surface area contributed by atoms with Crippen molar-refractivity contribution in [1.29, 1.82) is 0 Å². The lowest BCUT2D eigenvalue weighted by atomic mass is 9.79. The third-order valence-electron chi connectivity index (χ3n) is 5.12. The van der Waals surface area contributed by atoms with Crippen molar-refractivity contribution in [2.24, 2.45) is 7.05 Å². The van der Waals surface area contributed by atoms with E-state index in [1.165, 1.54) is 25.2 Å². The Labute approximate surface area is 172 Å². The summed E-state index contributed by atoms with van der Waals surface area (Å²) in [6.07, 6.45) is -3.27. The summed E-state index contributed by atoms with van der Waals surface area (Å²) in [5.41, 5.74) is 0.140. The number of imidazole rings is 1. The van der Waals surface area contributed by atoms with Crippen LogP contribution in [0, 0.1) is 0 Å². The van der Waals surface area contributed by atoms with Crippen molar-refractivity contribution < 1.29 is 22.8 Å². The summed E-state index contributed by atoms with van der Waals surface area (Å²) in [6, 6.07) is 3.99. The SMILES string of the molecule is Cn1c(C(F)(F)F)nc2cc(NC(=O)C(=O)NC3CC(C)(C)NC(C)(C)C3)ccc21. The van der Waals surface area contributed by atoms with E-state index in [1.807, 2.05) is 27.7 Å². The van der Waals surface area contributed by atoms with Crippen LogP contribution in [-0.2, 0) is 22.8 Å². The fraction of sp³-hybridized carbons (Fsp3) is 0.550. The molecule has 0 bridgehead atoms. The number of anilines is 1. The maximum absolute atomic E-state index is 13.0. The first-order chi connectivity index (χ1) is 13.7. The highest BCUT2D eigenvalue weighted by molar-refractivity contribution is 6.39. The van der Waals surface area contributed by atoms with Gasteiger partial charge in [-0.3, -0.25) is 9.59 Å². The number of carbonyl (C=O) groups excluding carboxylic acids is 2. The molecule has 2 aromatic rings. The molecule has 1 aromatic heterocycles. The van der Waals surface area contributed by atoms with Gasteiger partial charge in [0.25, 0.3) is 0 Å². The number of aromatic nitrogens is 2. The molecule has 0 saturated carbocycles. The molecule has 2 amide bonds. The molecule has 1 aliphatic heterocycles. The molecule has 0 spiro atoms. The molecule has 10 heteroatoms. The molecule has 0 radical (unpaired) electrons. The topological polar surface area (TPSA) is 88.0 Å². The summed E-state index contributed by atoms with van der Waals surface area (Å²) >= 11 is 0. The van der Waals surface area contributed by atoms with Crippen molar-refractivity contribution in [3.8, 4) is 0 Å². The summed E-state index contributed by atoms with van der Waals surface area (Å²) in [5, 5.41) is 8.69. The molecular weight excluding hydrogens is 399 g/mol. The summed E-state index contributed by atoms with van der Waals surface area (Å²) in [7, 11) is 1.27. The zero-order valence-corrected chi connectivity index (χ0v) is 17.6. The van der Waals surface area contributed by atoms with Crippen LogP contribution < -0.4 is 16.0 Å². The third-order valence-corrected chi connectivity index (χ3v) is 5.12. The lowest BCUT2D eigenvalue weighted by molar-refractivity contribution is -0.146. The minimum atomic E-state index is -4.59. The number of amides is 2. The average molecular weight is 425 g/mol. The Morgan fingerprint density at radius 2 is 1.73 bits per heavy atom. The molecule has 1 fully saturated rings. The van der Waals surface area contributed by atoms with Crippen LogP contribution in [0.15, 0.2) is 18.2 Å². The highest BCUT2D eigenvalue weighted by Gasteiger charge is 2.39. The number of rotatable bonds is 2. The van der Waals surface area contributed by atoms with Crippen molar-refractivity contribution in [3.05, 3.63) is 24.0 Å². The molecule has 1 aliphatic rings. The largest absolute Gasteiger partial charge is 0.449 e. The van der Waals surface area contributed by atoms with Crippen molar-refractivity contribution in [1.82, 2.24) is 20.2 Å². The van der Waals surface area contributed by atoms with Gasteiger partial charge in [0.15, 0.2) is 0 Å². The number of nitrogens with zero attached hydrogens (tertiary/aromatic N) is 2. The summed E-state index contributed by atoms with van der Waals surface area (Å²) < 4.78 is 40.0. The predicted octanol–water partition coefficient (Wildman–Crippen LogP) is 2.96. The summed E-state index contributed by atoms with van der Waals surface area (Å²) in [4.78, 5) is 28.3. The van der Waals surface area contributed by atoms with Crippen LogP contribution in [0.2, 0.25) is 0 Å². The van der Waals surface area contributed by atoms with Crippen LogP contribution in [0.25, 0.3) is 11.0 Å². The number of aryl methyl sites for hydroxylation is 1. The number of alkyl halides is 3. The lowest BCUT2D eigenvalue weighted by Gasteiger charge is -2.46. The van der Waals surface area contributed by atoms with E-state index in [4.69, 9.17) is 0 Å². The Hall–Kier alpha value is -2.62. The first-order valence-corrected chi connectivity index (χ1v) is 9.62. The van der Waals surface area contributed by atoms with Gasteiger partial charge in [0.2, 0.25) is 5.82 Å². The van der Waals surface area contributed by atoms with Gasteiger partial charge in [0, 0.05) is 29.9 Å². The standard InChI is InChI=1S/C20H26F3N5O2/c1-18(2)9-12(10-19(3,4)27-18)25-16(30)15(29)24-11-6-7-14-13(8-11)26-17(28(14)5)20(21,22)23/h6-8,12,27H,9-10H2,1-5H3,(H,24,29)(H,25,30). The second-order valence-corrected chi connectivity index (χ2v) is 9.12. The number of fused-ring (bicyclic) bond motifs is 1. The van der Waals surface area contributed by atoms with E-state index >= 15 is 0 Å². The Bertz CT molecular complexity index is 978. The molecule has 7 nitrogen and oxygen atoms in total. The molecule has 2 heterocycles. The normalized spacial score (nSPS) is 18.9. The van der Waals surface area contributed by atoms with Crippen molar-refractivity contribution >= 4 is 28.5 Å². The van der Waals surface area contributed by atoms with Crippen LogP contribution in [0.5, 0.6) is 0 Å². The van der Waals surface area contributed by atoms with Gasteiger partial charge < -0.3 is 20.5 Å². The Morgan fingerprint density at radius 1 is 1.13 bits per heavy atom. The number of nitrogens with one attached hydrogen (secondary N) is 3. The number of halogens is 3. The van der Waals surface area contributed by atoms with Gasteiger partial charge in [-0.1, -0.05) is 0 Å². The van der Waals surface area contributed by atoms with E-state index in [2.05, 4.69) is 20.9 Å². The van der Waals surface area contributed by atoms with Crippen LogP contribution in [0.4, 0.5) is 18.9 Å². The smallest absolute Gasteiger partial charge is 0.345 e. The quantitative estimate of drug-likeness (QED) is 0.646. The second kappa shape index (κ2) is 7.26. The van der Waals surface area contributed by atoms with Crippen LogP contribution >= 0.6 is 0 Å². The summed E-state index contributed by atoms with van der Waals surface area (Å²) in [5.74, 6) is -2.70. The highest BCUT2D eigenvalue weighted by atomic mass is 19.4. The number of carbonyl (C=O) groups is 2. The first kappa shape index (κ1) is 22.1. The van der Waals surface area contributed by atoms with Gasteiger partial charge in [-0.05, 0) is 58.7 Å². The minimum absolute atomic E-state index is 0.0740. The van der Waals surface area contributed by atoms with E-state index in [9.17, 15) is 22.8 Å². The molecular formula is C20H26F3N5O2. The molecule has 0 atom stereocenters. The number of piperidine rings is 1. The number of hydrogen-bond acceptors (Lipinski definition) is 4. The van der Waals surface area contributed by atoms with Gasteiger partial charge in [0.1, 0.15) is 0 Å². The second-order valence-electron chi connectivity index (χ2n) is 9.12. The van der Waals surface area contributed by atoms with E-state index in [0.29, 0.717) is 12.8 Å². The van der Waals surface area contributed by atoms with Crippen molar-refractivity contribution in [2.45, 2.75) is 63.8 Å². The zero-order valence-electron chi connectivity index (χ0n) is 17.6. The Balaban J connectivity index is 1.71. The van der Waals surface area contributed by atoms with Crippen LogP contribution in [0.1, 0.15) is 46.4 Å². The molecule has 3 N–H and O–H groups in total. The lowest BCUT2D eigenvalue weighted by Crippen LogP contribution is -2.62. The van der Waals surface area contributed by atoms with Gasteiger partial charge >= 0.3 is 18.0 Å². The first-order valence-electron chi connectivity index (χ1n) is 9.62. The van der Waals surface area contributed by atoms with Crippen LogP contribution in [0.3, 0.4) is 0 Å². The average Bonchev–Trinajstić information content (AvgIpc) is 2.88. The highest BCUT2D eigenvalue weighted by Crippen LogP contribution is 2.31. The van der Waals surface area contributed by atoms with Crippen molar-refractivity contribution in [3.63, 3.8) is 0 Å². The van der Waals surface area contributed by atoms with E-state index < -0.39 is 23.8 Å². The molecule has 0 unspecified atom stereocenters. The predicted molar refractivity (Wildman–Crippen MR) is 107 cm³/mol. The van der Waals surface area contributed by atoms with Gasteiger partial charge in [-0.25, -0.2) is 4.98 Å². The van der Waals surface area contributed by atoms with Crippen LogP contribution in [-0.4, -0.2) is 38.5 Å². The van der Waals surface area contributed by atoms with Crippen molar-refractivity contribution in [2.75, 3.05) is 5.32 Å². The van der Waals surface area contributed by atoms with Gasteiger partial charge in [0.05, 0.1) is 11.0 Å². The zero-order chi connectivity index (χ0) is 22.5. The maximum Gasteiger partial charge on any atom is 0.449 e. The fourth-order valence-electron chi connectivity index (χ4n) is 4.39. The Morgan fingerprint density at radius 3 is 2.30 bits per heavy atom. The van der Waals surface area contributed by atoms with Gasteiger partial charge in [-0.2, -0.15) is 13.2 Å². The minimum Gasteiger partial charge on any atom is -0.345 e. The monoisotopic (exact) mass is 425 g/mol. The number of hydrogen-bond donors (Lipinski definition) is 3. The molecule has 3 rings (SSSR count). The van der Waals surface area contributed by atoms with Gasteiger partial charge in [-0.15, -0.1) is 0 Å². The molecule has 0 aliphatic carbocycles. The van der Waals surface area contributed by atoms with E-state index in [0.717, 1.165) is 4.57 Å². The van der Waals surface area contributed by atoms with E-state index in [-0.39, 0.29) is 33.8 Å². The van der Waals surface area contributed by atoms with E-state index in [1.54, 1.807) is 0 Å². The molecule has 1 aromatic carbocycles.